The molecule has 0 bridgehead atoms. The molecule has 0 atom stereocenters. The zero-order valence-electron chi connectivity index (χ0n) is 14.5. The normalized spacial score (nSPS) is 15.0. The highest BCUT2D eigenvalue weighted by molar-refractivity contribution is 6.29. The number of halogens is 1. The van der Waals surface area contributed by atoms with E-state index in [1.165, 1.54) is 17.4 Å². The van der Waals surface area contributed by atoms with Crippen LogP contribution in [0.5, 0.6) is 11.9 Å². The molecule has 1 aliphatic carbocycles. The lowest BCUT2D eigenvalue weighted by Gasteiger charge is -2.10. The highest BCUT2D eigenvalue weighted by Crippen LogP contribution is 2.33. The Morgan fingerprint density at radius 3 is 2.81 bits per heavy atom. The number of aromatic nitrogens is 5. The predicted octanol–water partition coefficient (Wildman–Crippen LogP) is 4.03. The Kier molecular flexibility index (Phi) is 4.63. The number of hydrogen-bond donors (Lipinski definition) is 1. The van der Waals surface area contributed by atoms with Crippen LogP contribution in [0, 0.1) is 0 Å². The average Bonchev–Trinajstić information content (AvgIpc) is 3.27. The summed E-state index contributed by atoms with van der Waals surface area (Å²) in [5, 5.41) is 0.316. The number of aromatic amines is 1. The van der Waals surface area contributed by atoms with Crippen molar-refractivity contribution in [3.8, 4) is 11.9 Å². The van der Waals surface area contributed by atoms with E-state index in [9.17, 15) is 4.79 Å². The molecule has 0 amide bonds. The van der Waals surface area contributed by atoms with Crippen LogP contribution in [0.3, 0.4) is 0 Å². The van der Waals surface area contributed by atoms with E-state index >= 15 is 0 Å². The number of nitrogens with one attached hydrogen (secondary N) is 1. The van der Waals surface area contributed by atoms with Gasteiger partial charge in [0.2, 0.25) is 5.88 Å². The molecule has 3 aromatic rings. The maximum Gasteiger partial charge on any atom is 0.308 e. The van der Waals surface area contributed by atoms with Crippen molar-refractivity contribution in [2.75, 3.05) is 0 Å². The van der Waals surface area contributed by atoms with E-state index in [0.717, 1.165) is 25.1 Å². The lowest BCUT2D eigenvalue weighted by molar-refractivity contribution is 0.386. The van der Waals surface area contributed by atoms with Gasteiger partial charge in [-0.1, -0.05) is 37.4 Å². The summed E-state index contributed by atoms with van der Waals surface area (Å²) in [5.41, 5.74) is 0.652. The molecule has 0 aliphatic heterocycles. The fraction of sp³-hybridized carbons (Fsp3) is 0.444. The zero-order valence-corrected chi connectivity index (χ0v) is 15.3. The summed E-state index contributed by atoms with van der Waals surface area (Å²) in [5.74, 6) is 1.52. The number of pyridine rings is 1. The fourth-order valence-electron chi connectivity index (χ4n) is 3.42. The first kappa shape index (κ1) is 17.0. The Morgan fingerprint density at radius 2 is 2.08 bits per heavy atom. The topological polar surface area (TPSA) is 85.7 Å². The second-order valence-corrected chi connectivity index (χ2v) is 6.94. The largest absolute Gasteiger partial charge is 0.406 e. The molecule has 1 saturated carbocycles. The number of fused-ring (bicyclic) bond motifs is 1. The molecule has 1 N–H and O–H groups in total. The van der Waals surface area contributed by atoms with Crippen LogP contribution in [0.25, 0.3) is 11.2 Å². The minimum atomic E-state index is -0.175. The van der Waals surface area contributed by atoms with Crippen molar-refractivity contribution in [3.63, 3.8) is 0 Å². The Labute approximate surface area is 155 Å². The van der Waals surface area contributed by atoms with Gasteiger partial charge in [0.25, 0.3) is 5.56 Å². The standard InChI is InChI=1S/C18H20ClN5O2/c1-2-10-24-17(25)14-16(22-15(21-14)11-6-3-4-7-11)23-18(24)26-13-9-5-8-12(19)20-13/h5,8-9,11H,2-4,6-7,10H2,1H3,(H,21,22). The van der Waals surface area contributed by atoms with Crippen LogP contribution >= 0.6 is 11.6 Å². The van der Waals surface area contributed by atoms with Gasteiger partial charge >= 0.3 is 6.01 Å². The number of imidazole rings is 1. The van der Waals surface area contributed by atoms with Crippen LogP contribution in [-0.2, 0) is 6.54 Å². The van der Waals surface area contributed by atoms with Gasteiger partial charge in [0, 0.05) is 18.5 Å². The molecule has 136 valence electrons. The first-order chi connectivity index (χ1) is 12.7. The van der Waals surface area contributed by atoms with Crippen LogP contribution in [0.1, 0.15) is 50.8 Å². The quantitative estimate of drug-likeness (QED) is 0.682. The third-order valence-corrected chi connectivity index (χ3v) is 4.88. The maximum absolute atomic E-state index is 12.9. The summed E-state index contributed by atoms with van der Waals surface area (Å²) < 4.78 is 7.28. The molecule has 1 aliphatic rings. The highest BCUT2D eigenvalue weighted by atomic mass is 35.5. The molecular weight excluding hydrogens is 354 g/mol. The number of H-pyrrole nitrogens is 1. The molecule has 0 unspecified atom stereocenters. The second-order valence-electron chi connectivity index (χ2n) is 6.55. The molecular formula is C18H20ClN5O2. The Hall–Kier alpha value is -2.41. The van der Waals surface area contributed by atoms with E-state index < -0.39 is 0 Å². The molecule has 0 aromatic carbocycles. The van der Waals surface area contributed by atoms with Crippen LogP contribution in [-0.4, -0.2) is 24.5 Å². The minimum absolute atomic E-state index is 0.175. The van der Waals surface area contributed by atoms with E-state index in [1.807, 2.05) is 6.92 Å². The molecule has 0 spiro atoms. The van der Waals surface area contributed by atoms with Crippen molar-refractivity contribution in [1.29, 1.82) is 0 Å². The summed E-state index contributed by atoms with van der Waals surface area (Å²) in [7, 11) is 0. The van der Waals surface area contributed by atoms with E-state index in [-0.39, 0.29) is 11.6 Å². The van der Waals surface area contributed by atoms with Gasteiger partial charge in [-0.25, -0.2) is 9.97 Å². The van der Waals surface area contributed by atoms with Gasteiger partial charge in [-0.05, 0) is 25.3 Å². The van der Waals surface area contributed by atoms with Crippen LogP contribution in [0.15, 0.2) is 23.0 Å². The first-order valence-corrected chi connectivity index (χ1v) is 9.34. The molecule has 1 fully saturated rings. The van der Waals surface area contributed by atoms with Crippen molar-refractivity contribution >= 4 is 22.8 Å². The van der Waals surface area contributed by atoms with Gasteiger partial charge < -0.3 is 9.72 Å². The molecule has 7 nitrogen and oxygen atoms in total. The molecule has 0 radical (unpaired) electrons. The Morgan fingerprint density at radius 1 is 1.27 bits per heavy atom. The SMILES string of the molecule is CCCn1c(Oc2cccc(Cl)n2)nc2nc(C3CCCC3)[nH]c2c1=O. The first-order valence-electron chi connectivity index (χ1n) is 8.96. The second kappa shape index (κ2) is 7.07. The third kappa shape index (κ3) is 3.19. The van der Waals surface area contributed by atoms with Crippen LogP contribution in [0.2, 0.25) is 5.15 Å². The smallest absolute Gasteiger partial charge is 0.308 e. The van der Waals surface area contributed by atoms with Crippen molar-refractivity contribution in [3.05, 3.63) is 39.5 Å². The monoisotopic (exact) mass is 373 g/mol. The van der Waals surface area contributed by atoms with Gasteiger partial charge in [-0.15, -0.1) is 0 Å². The number of nitrogens with zero attached hydrogens (tertiary/aromatic N) is 4. The minimum Gasteiger partial charge on any atom is -0.406 e. The van der Waals surface area contributed by atoms with Crippen molar-refractivity contribution < 1.29 is 4.74 Å². The lowest BCUT2D eigenvalue weighted by Crippen LogP contribution is -2.23. The van der Waals surface area contributed by atoms with Gasteiger partial charge in [0.1, 0.15) is 11.0 Å². The maximum atomic E-state index is 12.9. The van der Waals surface area contributed by atoms with E-state index in [0.29, 0.717) is 34.7 Å². The van der Waals surface area contributed by atoms with Gasteiger partial charge in [0.05, 0.1) is 0 Å². The number of rotatable bonds is 5. The van der Waals surface area contributed by atoms with Gasteiger partial charge in [-0.3, -0.25) is 9.36 Å². The lowest BCUT2D eigenvalue weighted by atomic mass is 10.1. The molecule has 3 aromatic heterocycles. The highest BCUT2D eigenvalue weighted by Gasteiger charge is 2.23. The fourth-order valence-corrected chi connectivity index (χ4v) is 3.57. The molecule has 8 heteroatoms. The van der Waals surface area contributed by atoms with Crippen molar-refractivity contribution in [2.45, 2.75) is 51.5 Å². The van der Waals surface area contributed by atoms with E-state index in [1.54, 1.807) is 18.2 Å². The molecule has 4 rings (SSSR count). The zero-order chi connectivity index (χ0) is 18.1. The third-order valence-electron chi connectivity index (χ3n) is 4.67. The summed E-state index contributed by atoms with van der Waals surface area (Å²) in [6.07, 6.45) is 5.36. The molecule has 3 heterocycles. The average molecular weight is 374 g/mol. The van der Waals surface area contributed by atoms with Gasteiger partial charge in [0.15, 0.2) is 11.2 Å². The number of hydrogen-bond acceptors (Lipinski definition) is 5. The van der Waals surface area contributed by atoms with E-state index in [2.05, 4.69) is 19.9 Å². The van der Waals surface area contributed by atoms with Crippen LogP contribution in [0.4, 0.5) is 0 Å². The summed E-state index contributed by atoms with van der Waals surface area (Å²) in [4.78, 5) is 29.3. The summed E-state index contributed by atoms with van der Waals surface area (Å²) >= 11 is 5.92. The molecule has 26 heavy (non-hydrogen) atoms. The van der Waals surface area contributed by atoms with Crippen LogP contribution < -0.4 is 10.3 Å². The Bertz CT molecular complexity index is 991. The van der Waals surface area contributed by atoms with E-state index in [4.69, 9.17) is 16.3 Å². The van der Waals surface area contributed by atoms with Crippen molar-refractivity contribution in [2.24, 2.45) is 0 Å². The summed E-state index contributed by atoms with van der Waals surface area (Å²) in [6.45, 7) is 2.49. The molecule has 0 saturated heterocycles. The predicted molar refractivity (Wildman–Crippen MR) is 99.0 cm³/mol. The number of ether oxygens (including phenoxy) is 1. The van der Waals surface area contributed by atoms with Gasteiger partial charge in [-0.2, -0.15) is 4.98 Å². The summed E-state index contributed by atoms with van der Waals surface area (Å²) in [6, 6.07) is 5.25. The Balaban J connectivity index is 1.79. The van der Waals surface area contributed by atoms with Crippen molar-refractivity contribution in [1.82, 2.24) is 24.5 Å².